The van der Waals surface area contributed by atoms with Gasteiger partial charge in [0.1, 0.15) is 0 Å². The van der Waals surface area contributed by atoms with Crippen molar-refractivity contribution in [2.75, 3.05) is 9.80 Å². The van der Waals surface area contributed by atoms with E-state index in [1.165, 1.54) is 57.8 Å². The molecule has 0 aliphatic rings. The zero-order chi connectivity index (χ0) is 39.2. The number of nitrogens with zero attached hydrogens (tertiary/aromatic N) is 2. The predicted octanol–water partition coefficient (Wildman–Crippen LogP) is 15.4. The van der Waals surface area contributed by atoms with Gasteiger partial charge in [-0.15, -0.1) is 11.3 Å². The largest absolute Gasteiger partial charge is 0.310 e. The predicted molar refractivity (Wildman–Crippen MR) is 256 cm³/mol. The van der Waals surface area contributed by atoms with Gasteiger partial charge in [-0.05, 0) is 83.1 Å². The first-order valence-electron chi connectivity index (χ1n) is 19.6. The van der Waals surface area contributed by atoms with Gasteiger partial charge in [-0.25, -0.2) is 0 Å². The molecule has 0 N–H and O–H groups in total. The maximum Gasteiger partial charge on any atom is 0.0775 e. The maximum absolute atomic E-state index is 4.52. The number of hydrogen-bond donors (Lipinski definition) is 0. The summed E-state index contributed by atoms with van der Waals surface area (Å²) in [5.74, 6) is 0. The Morgan fingerprint density at radius 3 is 1.57 bits per heavy atom. The first-order valence-corrected chi connectivity index (χ1v) is 27.4. The van der Waals surface area contributed by atoms with Gasteiger partial charge in [0.05, 0.1) is 27.5 Å². The fourth-order valence-corrected chi connectivity index (χ4v) is 10.8. The van der Waals surface area contributed by atoms with Crippen LogP contribution in [0.1, 0.15) is 6.92 Å². The highest BCUT2D eigenvalue weighted by Gasteiger charge is 2.27. The van der Waals surface area contributed by atoms with Crippen LogP contribution in [0, 0.1) is 0 Å². The summed E-state index contributed by atoms with van der Waals surface area (Å²) in [5, 5.41) is 10.2. The molecule has 2 nitrogen and oxygen atoms in total. The van der Waals surface area contributed by atoms with Gasteiger partial charge in [0.25, 0.3) is 0 Å². The molecule has 0 saturated heterocycles. The normalized spacial score (nSPS) is 12.7. The van der Waals surface area contributed by atoms with Crippen molar-refractivity contribution in [2.24, 2.45) is 0 Å². The van der Waals surface area contributed by atoms with Crippen molar-refractivity contribution in [3.05, 3.63) is 181 Å². The zero-order valence-corrected chi connectivity index (χ0v) is 36.4. The van der Waals surface area contributed by atoms with E-state index in [4.69, 9.17) is 0 Å². The van der Waals surface area contributed by atoms with Crippen LogP contribution in [0.3, 0.4) is 0 Å². The van der Waals surface area contributed by atoms with Crippen molar-refractivity contribution in [2.45, 2.75) is 46.2 Å². The Kier molecular flexibility index (Phi) is 9.96. The second-order valence-corrected chi connectivity index (χ2v) is 27.9. The molecule has 7 aromatic carbocycles. The number of hydrogen-bond acceptors (Lipinski definition) is 3. The van der Waals surface area contributed by atoms with E-state index in [-0.39, 0.29) is 0 Å². The second-order valence-electron chi connectivity index (χ2n) is 16.7. The summed E-state index contributed by atoms with van der Waals surface area (Å²) in [4.78, 5) is 4.94. The number of rotatable bonds is 10. The van der Waals surface area contributed by atoms with E-state index in [1.54, 1.807) is 0 Å². The average molecular weight is 779 g/mol. The van der Waals surface area contributed by atoms with E-state index in [9.17, 15) is 0 Å². The van der Waals surface area contributed by atoms with E-state index < -0.39 is 16.1 Å². The first-order chi connectivity index (χ1) is 26.9. The number of allylic oxidation sites excluding steroid dienone is 4. The molecule has 0 saturated carbocycles. The molecule has 0 bridgehead atoms. The molecule has 8 rings (SSSR count). The van der Waals surface area contributed by atoms with Gasteiger partial charge in [-0.1, -0.05) is 165 Å². The van der Waals surface area contributed by atoms with Crippen molar-refractivity contribution < 1.29 is 0 Å². The first kappa shape index (κ1) is 37.5. The lowest BCUT2D eigenvalue weighted by atomic mass is 9.98. The monoisotopic (exact) mass is 778 g/mol. The van der Waals surface area contributed by atoms with Gasteiger partial charge >= 0.3 is 0 Å². The van der Waals surface area contributed by atoms with Gasteiger partial charge < -0.3 is 9.80 Å². The van der Waals surface area contributed by atoms with Crippen LogP contribution in [0.5, 0.6) is 0 Å². The van der Waals surface area contributed by atoms with Crippen molar-refractivity contribution in [1.29, 1.82) is 0 Å². The third-order valence-corrected chi connectivity index (χ3v) is 16.3. The molecule has 0 amide bonds. The Bertz CT molecular complexity index is 2790. The lowest BCUT2D eigenvalue weighted by molar-refractivity contribution is 1.21. The summed E-state index contributed by atoms with van der Waals surface area (Å²) in [6.45, 7) is 21.0. The third-order valence-electron chi connectivity index (χ3n) is 10.9. The van der Waals surface area contributed by atoms with Crippen LogP contribution in [0.2, 0.25) is 39.3 Å². The molecule has 0 radical (unpaired) electrons. The van der Waals surface area contributed by atoms with Crippen LogP contribution in [-0.4, -0.2) is 16.1 Å². The topological polar surface area (TPSA) is 6.48 Å². The SMILES string of the molecule is C=C(/C=C\C(=C/C)N(c1ccccc1)c1cc2ccccc2c2sc3c4ccccc4cc(N(c4ccccc4)c4ccc([Si](C)(C)C)cc4)c3c12)[Si](C)(C)C. The van der Waals surface area contributed by atoms with E-state index >= 15 is 0 Å². The Morgan fingerprint density at radius 1 is 0.554 bits per heavy atom. The lowest BCUT2D eigenvalue weighted by Crippen LogP contribution is -2.37. The number of thiophene rings is 1. The Hall–Kier alpha value is -5.47. The van der Waals surface area contributed by atoms with E-state index in [0.29, 0.717) is 0 Å². The molecule has 8 aromatic rings. The quantitative estimate of drug-likeness (QED) is 0.101. The van der Waals surface area contributed by atoms with Crippen LogP contribution in [0.15, 0.2) is 181 Å². The molecule has 0 spiro atoms. The van der Waals surface area contributed by atoms with Crippen LogP contribution < -0.4 is 15.0 Å². The molecular weight excluding hydrogens is 729 g/mol. The van der Waals surface area contributed by atoms with Gasteiger partial charge in [0.15, 0.2) is 0 Å². The minimum atomic E-state index is -1.59. The number of anilines is 5. The minimum Gasteiger partial charge on any atom is -0.310 e. The van der Waals surface area contributed by atoms with Crippen LogP contribution in [0.4, 0.5) is 28.4 Å². The Labute approximate surface area is 338 Å². The molecule has 278 valence electrons. The molecule has 1 aromatic heterocycles. The van der Waals surface area contributed by atoms with Gasteiger partial charge in [-0.3, -0.25) is 0 Å². The summed E-state index contributed by atoms with van der Waals surface area (Å²) < 4.78 is 2.59. The molecule has 0 unspecified atom stereocenters. The molecular formula is C51H50N2SSi2. The van der Waals surface area contributed by atoms with Gasteiger partial charge in [-0.2, -0.15) is 0 Å². The van der Waals surface area contributed by atoms with E-state index in [2.05, 4.69) is 226 Å². The molecule has 0 aliphatic carbocycles. The Balaban J connectivity index is 1.53. The highest BCUT2D eigenvalue weighted by molar-refractivity contribution is 7.27. The zero-order valence-electron chi connectivity index (χ0n) is 33.6. The second kappa shape index (κ2) is 14.9. The summed E-state index contributed by atoms with van der Waals surface area (Å²) in [7, 11) is -3.10. The van der Waals surface area contributed by atoms with Crippen LogP contribution >= 0.6 is 11.3 Å². The van der Waals surface area contributed by atoms with Crippen molar-refractivity contribution in [1.82, 2.24) is 0 Å². The van der Waals surface area contributed by atoms with E-state index in [0.717, 1.165) is 28.4 Å². The van der Waals surface area contributed by atoms with Crippen molar-refractivity contribution in [3.8, 4) is 0 Å². The van der Waals surface area contributed by atoms with Gasteiger partial charge in [0.2, 0.25) is 0 Å². The van der Waals surface area contributed by atoms with Gasteiger partial charge in [0, 0.05) is 42.9 Å². The minimum absolute atomic E-state index is 1.11. The molecule has 5 heteroatoms. The van der Waals surface area contributed by atoms with Crippen LogP contribution in [0.25, 0.3) is 41.7 Å². The highest BCUT2D eigenvalue weighted by Crippen LogP contribution is 2.53. The smallest absolute Gasteiger partial charge is 0.0775 e. The standard InChI is InChI=1S/C51H50N2SSi2/c1-9-39(29-28-36(2)55(3,4)5)52(40-22-12-10-13-23-40)46-34-37-20-16-18-26-44(37)50-48(46)49-47(35-38-21-17-19-27-45(38)51(49)54-50)53(41-24-14-11-15-25-41)42-30-32-43(33-31-42)56(6,7)8/h9-35H,2H2,1,3-8H3/b29-28-,39-9+. The summed E-state index contributed by atoms with van der Waals surface area (Å²) in [6, 6.07) is 53.8. The summed E-state index contributed by atoms with van der Waals surface area (Å²) in [5.41, 5.74) is 6.84. The summed E-state index contributed by atoms with van der Waals surface area (Å²) in [6.07, 6.45) is 6.76. The molecule has 0 aliphatic heterocycles. The molecule has 0 atom stereocenters. The van der Waals surface area contributed by atoms with E-state index in [1.807, 2.05) is 11.3 Å². The van der Waals surface area contributed by atoms with Crippen molar-refractivity contribution >= 4 is 103 Å². The Morgan fingerprint density at radius 2 is 1.04 bits per heavy atom. The molecule has 56 heavy (non-hydrogen) atoms. The lowest BCUT2D eigenvalue weighted by Gasteiger charge is -2.30. The van der Waals surface area contributed by atoms with Crippen LogP contribution in [-0.2, 0) is 0 Å². The molecule has 0 fully saturated rings. The number of fused-ring (bicyclic) bond motifs is 7. The number of para-hydroxylation sites is 2. The summed E-state index contributed by atoms with van der Waals surface area (Å²) >= 11 is 1.92. The third kappa shape index (κ3) is 6.96. The highest BCUT2D eigenvalue weighted by atomic mass is 32.1. The average Bonchev–Trinajstić information content (AvgIpc) is 3.61. The number of benzene rings is 7. The fraction of sp³-hybridized carbons (Fsp3) is 0.137. The fourth-order valence-electron chi connectivity index (χ4n) is 7.61. The van der Waals surface area contributed by atoms with Crippen molar-refractivity contribution in [3.63, 3.8) is 0 Å². The molecule has 1 heterocycles. The maximum atomic E-state index is 4.52.